The Morgan fingerprint density at radius 3 is 2.64 bits per heavy atom. The van der Waals surface area contributed by atoms with E-state index in [1.165, 1.54) is 12.1 Å². The van der Waals surface area contributed by atoms with Crippen LogP contribution < -0.4 is 10.6 Å². The van der Waals surface area contributed by atoms with Gasteiger partial charge in [-0.3, -0.25) is 15.5 Å². The van der Waals surface area contributed by atoms with Crippen molar-refractivity contribution < 1.29 is 13.6 Å². The summed E-state index contributed by atoms with van der Waals surface area (Å²) in [5, 5.41) is 15.0. The number of benzene rings is 2. The molecule has 1 aromatic heterocycles. The van der Waals surface area contributed by atoms with Gasteiger partial charge >= 0.3 is 0 Å². The molecule has 0 unspecified atom stereocenters. The zero-order valence-electron chi connectivity index (χ0n) is 21.5. The van der Waals surface area contributed by atoms with E-state index in [4.69, 9.17) is 9.83 Å². The third kappa shape index (κ3) is 7.40. The van der Waals surface area contributed by atoms with Crippen LogP contribution in [0.1, 0.15) is 62.0 Å². The summed E-state index contributed by atoms with van der Waals surface area (Å²) in [6.45, 7) is 11.3. The molecule has 3 N–H and O–H groups in total. The zero-order valence-corrected chi connectivity index (χ0v) is 23.1. The van der Waals surface area contributed by atoms with Crippen molar-refractivity contribution in [1.82, 2.24) is 15.5 Å². The summed E-state index contributed by atoms with van der Waals surface area (Å²) < 4.78 is 21.4. The molecule has 194 valence electrons. The number of nitrogens with zero attached hydrogens (tertiary/aromatic N) is 1. The second-order valence-corrected chi connectivity index (χ2v) is 10.6. The van der Waals surface area contributed by atoms with E-state index >= 15 is 0 Å². The number of amides is 1. The van der Waals surface area contributed by atoms with E-state index in [1.807, 2.05) is 32.0 Å². The lowest BCUT2D eigenvalue weighted by molar-refractivity contribution is 0.0973. The highest BCUT2D eigenvalue weighted by Crippen LogP contribution is 2.27. The normalized spacial score (nSPS) is 11.8. The number of hydrogen-bond acceptors (Lipinski definition) is 4. The zero-order chi connectivity index (χ0) is 26.3. The predicted molar refractivity (Wildman–Crippen MR) is 147 cm³/mol. The van der Waals surface area contributed by atoms with Gasteiger partial charge in [-0.1, -0.05) is 35.8 Å². The van der Waals surface area contributed by atoms with E-state index in [-0.39, 0.29) is 17.1 Å². The molecule has 1 heterocycles. The van der Waals surface area contributed by atoms with Gasteiger partial charge in [-0.15, -0.1) is 0 Å². The van der Waals surface area contributed by atoms with Crippen LogP contribution in [-0.4, -0.2) is 41.9 Å². The largest absolute Gasteiger partial charge is 0.464 e. The first kappa shape index (κ1) is 27.9. The van der Waals surface area contributed by atoms with Gasteiger partial charge in [0.15, 0.2) is 5.96 Å². The molecule has 0 fully saturated rings. The molecule has 6 nitrogen and oxygen atoms in total. The number of carbonyl (C=O) groups is 1. The fraction of sp³-hybridized carbons (Fsp3) is 0.429. The molecule has 0 aliphatic heterocycles. The number of guanidine groups is 1. The minimum absolute atomic E-state index is 0.0904. The van der Waals surface area contributed by atoms with Crippen LogP contribution in [0.5, 0.6) is 0 Å². The van der Waals surface area contributed by atoms with Crippen molar-refractivity contribution in [3.63, 3.8) is 0 Å². The molecule has 36 heavy (non-hydrogen) atoms. The van der Waals surface area contributed by atoms with Gasteiger partial charge in [0.1, 0.15) is 11.4 Å². The first-order valence-corrected chi connectivity index (χ1v) is 13.3. The first-order valence-electron chi connectivity index (χ1n) is 12.5. The first-order chi connectivity index (χ1) is 17.1. The van der Waals surface area contributed by atoms with Crippen LogP contribution in [0.15, 0.2) is 51.6 Å². The summed E-state index contributed by atoms with van der Waals surface area (Å²) in [5.74, 6) is -1.03. The van der Waals surface area contributed by atoms with Gasteiger partial charge in [0.05, 0.1) is 6.26 Å². The van der Waals surface area contributed by atoms with E-state index in [9.17, 15) is 9.18 Å². The van der Waals surface area contributed by atoms with E-state index in [1.54, 1.807) is 12.3 Å². The lowest BCUT2D eigenvalue weighted by Crippen LogP contribution is -2.50. The molecule has 0 saturated heterocycles. The van der Waals surface area contributed by atoms with Crippen molar-refractivity contribution in [2.75, 3.05) is 19.6 Å². The number of halogens is 2. The molecule has 0 spiro atoms. The Hall–Kier alpha value is -2.71. The molecular formula is C28H36BrFN4O2. The lowest BCUT2D eigenvalue weighted by Gasteiger charge is -2.29. The number of nitrogens with one attached hydrogen (secondary N) is 3. The van der Waals surface area contributed by atoms with Crippen LogP contribution in [0, 0.1) is 11.2 Å². The van der Waals surface area contributed by atoms with E-state index in [2.05, 4.69) is 45.3 Å². The van der Waals surface area contributed by atoms with Gasteiger partial charge in [-0.05, 0) is 95.1 Å². The van der Waals surface area contributed by atoms with Crippen LogP contribution in [0.25, 0.3) is 11.0 Å². The Balaban J connectivity index is 1.65. The van der Waals surface area contributed by atoms with E-state index in [0.29, 0.717) is 18.4 Å². The molecule has 3 rings (SSSR count). The van der Waals surface area contributed by atoms with Crippen molar-refractivity contribution in [3.05, 3.63) is 69.6 Å². The lowest BCUT2D eigenvalue weighted by atomic mass is 9.97. The Bertz CT molecular complexity index is 1200. The average Bonchev–Trinajstić information content (AvgIpc) is 3.28. The minimum Gasteiger partial charge on any atom is -0.464 e. The monoisotopic (exact) mass is 558 g/mol. The summed E-state index contributed by atoms with van der Waals surface area (Å²) in [6, 6.07) is 10.3. The molecule has 2 aromatic carbocycles. The van der Waals surface area contributed by atoms with Gasteiger partial charge in [0.2, 0.25) is 0 Å². The Labute approximate surface area is 221 Å². The highest BCUT2D eigenvalue weighted by molar-refractivity contribution is 9.10. The number of hydrogen-bond donors (Lipinski definition) is 3. The topological polar surface area (TPSA) is 81.4 Å². The van der Waals surface area contributed by atoms with Crippen LogP contribution in [0.2, 0.25) is 0 Å². The smallest absolute Gasteiger partial charge is 0.258 e. The number of furan rings is 1. The van der Waals surface area contributed by atoms with Gasteiger partial charge in [-0.25, -0.2) is 4.39 Å². The van der Waals surface area contributed by atoms with Crippen LogP contribution in [0.4, 0.5) is 4.39 Å². The molecular weight excluding hydrogens is 523 g/mol. The standard InChI is InChI=1S/C28H36BrFN4O2/c1-5-34(6-2)15-8-14-28(3,4)33-27(31)32-26(35)23-9-7-10-24(30)22(23)12-11-19-17-21(29)18-20-13-16-36-25(19)20/h7,9-10,13,16-18H,5-6,8,11-12,14-15H2,1-4H3,(H3,31,32,33,35). The third-order valence-electron chi connectivity index (χ3n) is 6.47. The molecule has 1 amide bonds. The maximum absolute atomic E-state index is 14.8. The number of aryl methyl sites for hydroxylation is 1. The Kier molecular flexibility index (Phi) is 9.68. The maximum Gasteiger partial charge on any atom is 0.258 e. The molecule has 0 aliphatic carbocycles. The summed E-state index contributed by atoms with van der Waals surface area (Å²) in [7, 11) is 0. The van der Waals surface area contributed by atoms with Gasteiger partial charge in [0, 0.05) is 26.5 Å². The van der Waals surface area contributed by atoms with Crippen LogP contribution in [-0.2, 0) is 12.8 Å². The highest BCUT2D eigenvalue weighted by Gasteiger charge is 2.22. The van der Waals surface area contributed by atoms with Gasteiger partial charge in [-0.2, -0.15) is 0 Å². The molecule has 0 aliphatic rings. The number of fused-ring (bicyclic) bond motifs is 1. The van der Waals surface area contributed by atoms with Crippen LogP contribution >= 0.6 is 15.9 Å². The fourth-order valence-corrected chi connectivity index (χ4v) is 5.01. The summed E-state index contributed by atoms with van der Waals surface area (Å²) in [6.07, 6.45) is 4.28. The summed E-state index contributed by atoms with van der Waals surface area (Å²) in [5.41, 5.74) is 1.87. The minimum atomic E-state index is -0.502. The highest BCUT2D eigenvalue weighted by atomic mass is 79.9. The van der Waals surface area contributed by atoms with E-state index in [0.717, 1.165) is 53.5 Å². The SMILES string of the molecule is CCN(CC)CCCC(C)(C)NC(=N)NC(=O)c1cccc(F)c1CCc1cc(Br)cc2ccoc12. The molecule has 0 radical (unpaired) electrons. The molecule has 0 bridgehead atoms. The molecule has 0 saturated carbocycles. The second-order valence-electron chi connectivity index (χ2n) is 9.64. The maximum atomic E-state index is 14.8. The number of rotatable bonds is 11. The predicted octanol–water partition coefficient (Wildman–Crippen LogP) is 6.27. The molecule has 8 heteroatoms. The fourth-order valence-electron chi connectivity index (χ4n) is 4.48. The van der Waals surface area contributed by atoms with Crippen molar-refractivity contribution in [2.45, 2.75) is 58.9 Å². The van der Waals surface area contributed by atoms with E-state index < -0.39 is 11.7 Å². The van der Waals surface area contributed by atoms with Crippen molar-refractivity contribution in [2.24, 2.45) is 0 Å². The molecule has 0 atom stereocenters. The quantitative estimate of drug-likeness (QED) is 0.191. The Morgan fingerprint density at radius 1 is 1.17 bits per heavy atom. The van der Waals surface area contributed by atoms with Gasteiger partial charge in [0.25, 0.3) is 5.91 Å². The second kappa shape index (κ2) is 12.5. The third-order valence-corrected chi connectivity index (χ3v) is 6.93. The average molecular weight is 560 g/mol. The van der Waals surface area contributed by atoms with Gasteiger partial charge < -0.3 is 14.6 Å². The summed E-state index contributed by atoms with van der Waals surface area (Å²) >= 11 is 3.51. The van der Waals surface area contributed by atoms with Crippen molar-refractivity contribution >= 4 is 38.8 Å². The van der Waals surface area contributed by atoms with Crippen LogP contribution in [0.3, 0.4) is 0 Å². The molecule has 3 aromatic rings. The van der Waals surface area contributed by atoms with Crippen molar-refractivity contribution in [3.8, 4) is 0 Å². The number of carbonyl (C=O) groups excluding carboxylic acids is 1. The van der Waals surface area contributed by atoms with Crippen molar-refractivity contribution in [1.29, 1.82) is 5.41 Å². The Morgan fingerprint density at radius 2 is 1.92 bits per heavy atom. The summed E-state index contributed by atoms with van der Waals surface area (Å²) in [4.78, 5) is 15.4.